The van der Waals surface area contributed by atoms with Crippen molar-refractivity contribution >= 4 is 29.2 Å². The van der Waals surface area contributed by atoms with E-state index in [1.54, 1.807) is 41.3 Å². The predicted octanol–water partition coefficient (Wildman–Crippen LogP) is 4.39. The number of aromatic nitrogens is 2. The first kappa shape index (κ1) is 23.3. The van der Waals surface area contributed by atoms with Gasteiger partial charge in [0.05, 0.1) is 12.3 Å². The van der Waals surface area contributed by atoms with E-state index < -0.39 is 24.2 Å². The van der Waals surface area contributed by atoms with Gasteiger partial charge in [-0.1, -0.05) is 29.8 Å². The highest BCUT2D eigenvalue weighted by Crippen LogP contribution is 2.46. The normalized spacial score (nSPS) is 20.3. The molecule has 2 aromatic heterocycles. The molecule has 2 amide bonds. The minimum absolute atomic E-state index is 0.0807. The van der Waals surface area contributed by atoms with Gasteiger partial charge in [-0.05, 0) is 24.3 Å². The van der Waals surface area contributed by atoms with Crippen molar-refractivity contribution in [2.75, 3.05) is 31.5 Å². The molecule has 1 N–H and O–H groups in total. The molecule has 12 heteroatoms. The van der Waals surface area contributed by atoms with Crippen LogP contribution in [0, 0.1) is 0 Å². The molecule has 184 valence electrons. The van der Waals surface area contributed by atoms with Crippen LogP contribution in [0.4, 0.5) is 19.0 Å². The maximum atomic E-state index is 13.9. The fourth-order valence-electron chi connectivity index (χ4n) is 4.43. The van der Waals surface area contributed by atoms with Gasteiger partial charge in [0.1, 0.15) is 16.6 Å². The van der Waals surface area contributed by atoms with Crippen LogP contribution >= 0.6 is 11.6 Å². The first-order chi connectivity index (χ1) is 16.7. The Kier molecular flexibility index (Phi) is 5.96. The number of nitrogens with one attached hydrogen (secondary N) is 1. The van der Waals surface area contributed by atoms with E-state index >= 15 is 0 Å². The molecule has 1 fully saturated rings. The van der Waals surface area contributed by atoms with Crippen molar-refractivity contribution in [3.8, 4) is 0 Å². The second kappa shape index (κ2) is 8.95. The molecule has 2 aliphatic heterocycles. The summed E-state index contributed by atoms with van der Waals surface area (Å²) in [6.45, 7) is 0.992. The van der Waals surface area contributed by atoms with Crippen molar-refractivity contribution in [1.29, 1.82) is 0 Å². The molecule has 4 heterocycles. The number of benzene rings is 1. The van der Waals surface area contributed by atoms with Crippen molar-refractivity contribution in [1.82, 2.24) is 19.6 Å². The molecule has 5 rings (SSSR count). The minimum Gasteiger partial charge on any atom is -0.467 e. The Hall–Kier alpha value is -3.47. The van der Waals surface area contributed by atoms with Crippen molar-refractivity contribution in [3.05, 3.63) is 70.8 Å². The van der Waals surface area contributed by atoms with Crippen LogP contribution in [0.25, 0.3) is 0 Å². The zero-order chi connectivity index (χ0) is 24.7. The average Bonchev–Trinajstić information content (AvgIpc) is 3.51. The highest BCUT2D eigenvalue weighted by Gasteiger charge is 2.48. The van der Waals surface area contributed by atoms with Crippen LogP contribution < -0.4 is 5.32 Å². The molecule has 35 heavy (non-hydrogen) atoms. The molecule has 2 aliphatic rings. The Labute approximate surface area is 203 Å². The third-order valence-corrected chi connectivity index (χ3v) is 6.62. The number of anilines is 1. The number of amides is 2. The first-order valence-corrected chi connectivity index (χ1v) is 11.4. The monoisotopic (exact) mass is 507 g/mol. The molecule has 3 aromatic rings. The Morgan fingerprint density at radius 1 is 1.00 bits per heavy atom. The van der Waals surface area contributed by atoms with E-state index in [0.29, 0.717) is 11.3 Å². The van der Waals surface area contributed by atoms with Gasteiger partial charge < -0.3 is 19.5 Å². The maximum Gasteiger partial charge on any atom is 0.410 e. The lowest BCUT2D eigenvalue weighted by Crippen LogP contribution is -2.50. The molecule has 2 atom stereocenters. The zero-order valence-corrected chi connectivity index (χ0v) is 19.1. The number of hydrogen-bond donors (Lipinski definition) is 1. The van der Waals surface area contributed by atoms with E-state index in [4.69, 9.17) is 16.0 Å². The Balaban J connectivity index is 1.35. The fourth-order valence-corrected chi connectivity index (χ4v) is 4.69. The highest BCUT2D eigenvalue weighted by molar-refractivity contribution is 6.36. The van der Waals surface area contributed by atoms with Gasteiger partial charge >= 0.3 is 6.18 Å². The molecule has 8 nitrogen and oxygen atoms in total. The lowest BCUT2D eigenvalue weighted by Gasteiger charge is -2.34. The highest BCUT2D eigenvalue weighted by atomic mass is 35.5. The number of fused-ring (bicyclic) bond motifs is 1. The van der Waals surface area contributed by atoms with Crippen molar-refractivity contribution in [2.24, 2.45) is 0 Å². The molecule has 1 saturated heterocycles. The molecule has 0 unspecified atom stereocenters. The second-order valence-electron chi connectivity index (χ2n) is 8.41. The Morgan fingerprint density at radius 2 is 1.66 bits per heavy atom. The smallest absolute Gasteiger partial charge is 0.410 e. The van der Waals surface area contributed by atoms with Crippen LogP contribution in [0.1, 0.15) is 45.1 Å². The van der Waals surface area contributed by atoms with E-state index in [1.165, 1.54) is 11.2 Å². The molecule has 0 radical (unpaired) electrons. The second-order valence-corrected chi connectivity index (χ2v) is 8.79. The molecular weight excluding hydrogens is 487 g/mol. The number of halogens is 4. The largest absolute Gasteiger partial charge is 0.467 e. The third kappa shape index (κ3) is 4.36. The summed E-state index contributed by atoms with van der Waals surface area (Å²) in [5.41, 5.74) is 0.291. The van der Waals surface area contributed by atoms with E-state index in [1.807, 2.05) is 6.07 Å². The van der Waals surface area contributed by atoms with Gasteiger partial charge in [0.25, 0.3) is 11.8 Å². The molecule has 0 saturated carbocycles. The van der Waals surface area contributed by atoms with Gasteiger partial charge in [0.15, 0.2) is 11.7 Å². The minimum atomic E-state index is -4.61. The molecule has 0 spiro atoms. The lowest BCUT2D eigenvalue weighted by molar-refractivity contribution is -0.174. The van der Waals surface area contributed by atoms with Crippen molar-refractivity contribution in [2.45, 2.75) is 24.7 Å². The lowest BCUT2D eigenvalue weighted by atomic mass is 10.0. The van der Waals surface area contributed by atoms with Crippen molar-refractivity contribution in [3.63, 3.8) is 0 Å². The third-order valence-electron chi connectivity index (χ3n) is 6.26. The SMILES string of the molecule is O=C(c1ccccc1)N1CCN(C(=O)c2nn3c(c2Cl)N[C@H](c2ccco2)C[C@H]3C(F)(F)F)CC1. The summed E-state index contributed by atoms with van der Waals surface area (Å²) in [5, 5.41) is 6.75. The van der Waals surface area contributed by atoms with Gasteiger partial charge in [0.2, 0.25) is 0 Å². The van der Waals surface area contributed by atoms with E-state index in [9.17, 15) is 22.8 Å². The number of furan rings is 1. The molecule has 0 aliphatic carbocycles. The molecule has 1 aromatic carbocycles. The van der Waals surface area contributed by atoms with E-state index in [-0.39, 0.29) is 55.0 Å². The fraction of sp³-hybridized carbons (Fsp3) is 0.348. The Bertz CT molecular complexity index is 1220. The molecule has 0 bridgehead atoms. The summed E-state index contributed by atoms with van der Waals surface area (Å²) in [4.78, 5) is 28.9. The topological polar surface area (TPSA) is 83.6 Å². The number of nitrogens with zero attached hydrogens (tertiary/aromatic N) is 4. The molecular formula is C23H21ClF3N5O3. The summed E-state index contributed by atoms with van der Waals surface area (Å²) in [5.74, 6) is -0.479. The number of alkyl halides is 3. The quantitative estimate of drug-likeness (QED) is 0.568. The van der Waals surface area contributed by atoms with Gasteiger partial charge in [-0.25, -0.2) is 4.68 Å². The van der Waals surface area contributed by atoms with Crippen LogP contribution in [0.15, 0.2) is 53.1 Å². The zero-order valence-electron chi connectivity index (χ0n) is 18.3. The number of carbonyl (C=O) groups excluding carboxylic acids is 2. The number of rotatable bonds is 3. The van der Waals surface area contributed by atoms with E-state index in [0.717, 1.165) is 4.68 Å². The summed E-state index contributed by atoms with van der Waals surface area (Å²) in [6.07, 6.45) is -3.60. The summed E-state index contributed by atoms with van der Waals surface area (Å²) >= 11 is 6.40. The van der Waals surface area contributed by atoms with E-state index in [2.05, 4.69) is 10.4 Å². The number of piperazine rings is 1. The van der Waals surface area contributed by atoms with Gasteiger partial charge in [0, 0.05) is 38.2 Å². The maximum absolute atomic E-state index is 13.9. The first-order valence-electron chi connectivity index (χ1n) is 11.0. The summed E-state index contributed by atoms with van der Waals surface area (Å²) in [7, 11) is 0. The summed E-state index contributed by atoms with van der Waals surface area (Å²) in [6, 6.07) is 9.20. The Morgan fingerprint density at radius 3 is 2.26 bits per heavy atom. The standard InChI is InChI=1S/C23H21ClF3N5O3/c24-18-19(22(34)31-10-8-30(9-11-31)21(33)14-5-2-1-3-6-14)29-32-17(23(25,26)27)13-15(28-20(18)32)16-7-4-12-35-16/h1-7,12,15,17,28H,8-11,13H2/t15-,17-/m0/s1. The van der Waals surface area contributed by atoms with Crippen LogP contribution in [0.3, 0.4) is 0 Å². The van der Waals surface area contributed by atoms with Gasteiger partial charge in [-0.3, -0.25) is 9.59 Å². The predicted molar refractivity (Wildman–Crippen MR) is 120 cm³/mol. The van der Waals surface area contributed by atoms with Crippen LogP contribution in [-0.4, -0.2) is 63.7 Å². The summed E-state index contributed by atoms with van der Waals surface area (Å²) < 4.78 is 47.7. The average molecular weight is 508 g/mol. The van der Waals surface area contributed by atoms with Crippen molar-refractivity contribution < 1.29 is 27.2 Å². The number of hydrogen-bond acceptors (Lipinski definition) is 5. The van der Waals surface area contributed by atoms with Gasteiger partial charge in [-0.15, -0.1) is 0 Å². The van der Waals surface area contributed by atoms with Crippen LogP contribution in [-0.2, 0) is 0 Å². The van der Waals surface area contributed by atoms with Crippen LogP contribution in [0.2, 0.25) is 5.02 Å². The van der Waals surface area contributed by atoms with Gasteiger partial charge in [-0.2, -0.15) is 18.3 Å². The van der Waals surface area contributed by atoms with Crippen LogP contribution in [0.5, 0.6) is 0 Å². The number of carbonyl (C=O) groups is 2.